The molecule has 2 N–H and O–H groups in total. The molecule has 0 aromatic carbocycles. The van der Waals surface area contributed by atoms with Gasteiger partial charge in [-0.3, -0.25) is 19.4 Å². The monoisotopic (exact) mass is 371 g/mol. The SMILES string of the molecule is O=C([O-])CN(CCN(CC(=O)O)CC(=O)O)CC(=O)[O-].[Fe].[HH].[Na+]. The molecule has 0 spiro atoms. The molecule has 0 rings (SSSR count). The summed E-state index contributed by atoms with van der Waals surface area (Å²) in [5.41, 5.74) is 0. The van der Waals surface area contributed by atoms with Gasteiger partial charge in [-0.2, -0.15) is 0 Å². The van der Waals surface area contributed by atoms with E-state index in [1.54, 1.807) is 0 Å². The van der Waals surface area contributed by atoms with E-state index in [0.29, 0.717) is 0 Å². The maximum Gasteiger partial charge on any atom is 1.00 e. The molecule has 0 atom stereocenters. The van der Waals surface area contributed by atoms with Crippen LogP contribution in [0, 0.1) is 0 Å². The molecule has 22 heavy (non-hydrogen) atoms. The predicted octanol–water partition coefficient (Wildman–Crippen LogP) is -7.49. The van der Waals surface area contributed by atoms with Gasteiger partial charge in [-0.25, -0.2) is 0 Å². The molecule has 0 saturated heterocycles. The first-order valence-electron chi connectivity index (χ1n) is 5.48. The molecule has 124 valence electrons. The summed E-state index contributed by atoms with van der Waals surface area (Å²) >= 11 is 0. The number of hydrogen-bond donors (Lipinski definition) is 2. The van der Waals surface area contributed by atoms with Crippen molar-refractivity contribution in [1.29, 1.82) is 0 Å². The van der Waals surface area contributed by atoms with E-state index < -0.39 is 50.1 Å². The van der Waals surface area contributed by atoms with Crippen molar-refractivity contribution in [2.75, 3.05) is 39.3 Å². The number of carbonyl (C=O) groups is 4. The summed E-state index contributed by atoms with van der Waals surface area (Å²) in [5.74, 6) is -5.52. The number of carboxylic acids is 4. The van der Waals surface area contributed by atoms with Crippen LogP contribution in [-0.4, -0.2) is 83.2 Å². The fraction of sp³-hybridized carbons (Fsp3) is 0.600. The summed E-state index contributed by atoms with van der Waals surface area (Å²) in [6.07, 6.45) is 0. The maximum absolute atomic E-state index is 10.5. The Morgan fingerprint density at radius 1 is 0.773 bits per heavy atom. The van der Waals surface area contributed by atoms with Crippen molar-refractivity contribution in [2.24, 2.45) is 0 Å². The minimum atomic E-state index is -1.51. The third-order valence-corrected chi connectivity index (χ3v) is 2.16. The van der Waals surface area contributed by atoms with Crippen LogP contribution in [0.4, 0.5) is 0 Å². The third-order valence-electron chi connectivity index (χ3n) is 2.16. The van der Waals surface area contributed by atoms with Gasteiger partial charge < -0.3 is 30.0 Å². The molecule has 0 bridgehead atoms. The number of aliphatic carboxylic acids is 4. The van der Waals surface area contributed by atoms with Crippen molar-refractivity contribution in [3.8, 4) is 0 Å². The summed E-state index contributed by atoms with van der Waals surface area (Å²) in [6, 6.07) is 0. The first kappa shape index (κ1) is 26.2. The molecule has 0 fully saturated rings. The van der Waals surface area contributed by atoms with Gasteiger partial charge in [0.2, 0.25) is 0 Å². The summed E-state index contributed by atoms with van der Waals surface area (Å²) < 4.78 is 0. The smallest absolute Gasteiger partial charge is 0.549 e. The second-order valence-corrected chi connectivity index (χ2v) is 3.95. The maximum atomic E-state index is 10.5. The number of carboxylic acid groups (broad SMARTS) is 4. The predicted molar refractivity (Wildman–Crippen MR) is 60.3 cm³/mol. The molecule has 0 saturated carbocycles. The van der Waals surface area contributed by atoms with E-state index in [9.17, 15) is 29.4 Å². The van der Waals surface area contributed by atoms with E-state index in [1.165, 1.54) is 0 Å². The van der Waals surface area contributed by atoms with Crippen LogP contribution < -0.4 is 39.8 Å². The molecule has 0 aliphatic carbocycles. The van der Waals surface area contributed by atoms with E-state index in [0.717, 1.165) is 9.80 Å². The number of hydrogen-bond acceptors (Lipinski definition) is 8. The third kappa shape index (κ3) is 15.7. The van der Waals surface area contributed by atoms with Crippen LogP contribution in [0.2, 0.25) is 0 Å². The van der Waals surface area contributed by atoms with E-state index in [1.807, 2.05) is 0 Å². The average molecular weight is 371 g/mol. The Morgan fingerprint density at radius 2 is 1.05 bits per heavy atom. The normalized spacial score (nSPS) is 9.73. The largest absolute Gasteiger partial charge is 1.00 e. The average Bonchev–Trinajstić information content (AvgIpc) is 2.22. The minimum absolute atomic E-state index is 0. The van der Waals surface area contributed by atoms with Gasteiger partial charge in [-0.05, 0) is 0 Å². The van der Waals surface area contributed by atoms with Crippen molar-refractivity contribution < 1.29 is 87.7 Å². The van der Waals surface area contributed by atoms with E-state index in [-0.39, 0.29) is 61.1 Å². The van der Waals surface area contributed by atoms with Crippen molar-refractivity contribution in [3.63, 3.8) is 0 Å². The second-order valence-electron chi connectivity index (χ2n) is 3.95. The second kappa shape index (κ2) is 13.9. The van der Waals surface area contributed by atoms with Crippen LogP contribution in [0.25, 0.3) is 0 Å². The van der Waals surface area contributed by atoms with Crippen molar-refractivity contribution >= 4 is 23.9 Å². The van der Waals surface area contributed by atoms with Crippen molar-refractivity contribution in [1.82, 2.24) is 9.80 Å². The molecular formula is C10H16FeN2NaO8-. The number of rotatable bonds is 11. The Labute approximate surface area is 160 Å². The fourth-order valence-corrected chi connectivity index (χ4v) is 1.46. The zero-order valence-electron chi connectivity index (χ0n) is 11.8. The summed E-state index contributed by atoms with van der Waals surface area (Å²) in [4.78, 5) is 43.9. The van der Waals surface area contributed by atoms with E-state index in [4.69, 9.17) is 10.2 Å². The van der Waals surface area contributed by atoms with Gasteiger partial charge in [0.1, 0.15) is 0 Å². The molecule has 0 unspecified atom stereocenters. The number of nitrogens with zero attached hydrogens (tertiary/aromatic N) is 2. The van der Waals surface area contributed by atoms with Gasteiger partial charge in [0.15, 0.2) is 0 Å². The fourth-order valence-electron chi connectivity index (χ4n) is 1.46. The molecule has 0 aliphatic rings. The quantitative estimate of drug-likeness (QED) is 0.334. The summed E-state index contributed by atoms with van der Waals surface area (Å²) in [5, 5.41) is 38.0. The van der Waals surface area contributed by atoms with Crippen molar-refractivity contribution in [3.05, 3.63) is 0 Å². The van der Waals surface area contributed by atoms with Gasteiger partial charge in [0.05, 0.1) is 25.0 Å². The zero-order chi connectivity index (χ0) is 15.7. The Morgan fingerprint density at radius 3 is 1.27 bits per heavy atom. The summed E-state index contributed by atoms with van der Waals surface area (Å²) in [7, 11) is 0. The topological polar surface area (TPSA) is 161 Å². The zero-order valence-corrected chi connectivity index (χ0v) is 14.9. The number of carbonyl (C=O) groups excluding carboxylic acids is 2. The first-order valence-corrected chi connectivity index (χ1v) is 5.48. The minimum Gasteiger partial charge on any atom is -0.549 e. The van der Waals surface area contributed by atoms with Crippen LogP contribution in [0.3, 0.4) is 0 Å². The van der Waals surface area contributed by atoms with E-state index >= 15 is 0 Å². The van der Waals surface area contributed by atoms with Crippen LogP contribution in [0.15, 0.2) is 0 Å². The molecule has 0 aromatic heterocycles. The van der Waals surface area contributed by atoms with Crippen LogP contribution >= 0.6 is 0 Å². The molecule has 0 amide bonds. The van der Waals surface area contributed by atoms with Gasteiger partial charge in [-0.15, -0.1) is 0 Å². The molecule has 0 aliphatic heterocycles. The molecular weight excluding hydrogens is 355 g/mol. The molecule has 0 heterocycles. The van der Waals surface area contributed by atoms with E-state index in [2.05, 4.69) is 0 Å². The molecule has 12 heteroatoms. The van der Waals surface area contributed by atoms with Gasteiger partial charge >= 0.3 is 41.5 Å². The Hall–Kier alpha value is -0.681. The molecule has 0 aromatic rings. The summed E-state index contributed by atoms with van der Waals surface area (Å²) in [6.45, 7) is -2.75. The molecule has 10 nitrogen and oxygen atoms in total. The van der Waals surface area contributed by atoms with Crippen molar-refractivity contribution in [2.45, 2.75) is 0 Å². The Kier molecular flexibility index (Phi) is 16.6. The first-order chi connectivity index (χ1) is 9.20. The van der Waals surface area contributed by atoms with Gasteiger partial charge in [0, 0.05) is 44.7 Å². The Bertz CT molecular complexity index is 333. The van der Waals surface area contributed by atoms with Crippen LogP contribution in [0.1, 0.15) is 1.43 Å². The van der Waals surface area contributed by atoms with Crippen LogP contribution in [0.5, 0.6) is 0 Å². The standard InChI is InChI=1S/C10H16N2O8.Fe.Na.H2/c13-7(14)3-11(4-8(15)16)1-2-12(5-9(17)18)6-10(19)20;;;/h1-6H2,(H,13,14)(H,15,16)(H,17,18)(H,19,20);;;1H/q;;+1;/p-2. The Balaban J connectivity index is -0.000000602. The molecule has 0 radical (unpaired) electrons. The van der Waals surface area contributed by atoms with Gasteiger partial charge in [0.25, 0.3) is 0 Å². The van der Waals surface area contributed by atoms with Crippen LogP contribution in [-0.2, 0) is 36.2 Å². The van der Waals surface area contributed by atoms with Gasteiger partial charge in [-0.1, -0.05) is 0 Å².